The standard InChI is InChI=1S/C32H33N5O5S/c1-42-28-12-10-26-11-13-29(18-27(26)17-28)43(40,41)37(22-31(38)34-19-23-6-3-2-4-7-23)30-14-15-36(32(30)39)21-25-9-5-8-24(16-25)20-35-33/h2-13,16-18,20,30H,14-15,19,21-22,33H2,1H3,(H,34,38)/t30-/m0/s1. The van der Waals surface area contributed by atoms with Crippen LogP contribution in [0.4, 0.5) is 0 Å². The summed E-state index contributed by atoms with van der Waals surface area (Å²) in [6.45, 7) is 0.352. The second-order valence-corrected chi connectivity index (χ2v) is 12.2. The Morgan fingerprint density at radius 3 is 2.56 bits per heavy atom. The van der Waals surface area contributed by atoms with Crippen LogP contribution in [0, 0.1) is 0 Å². The highest BCUT2D eigenvalue weighted by atomic mass is 32.2. The summed E-state index contributed by atoms with van der Waals surface area (Å²) in [5.41, 5.74) is 2.51. The van der Waals surface area contributed by atoms with E-state index >= 15 is 0 Å². The van der Waals surface area contributed by atoms with Crippen LogP contribution in [0.3, 0.4) is 0 Å². The fraction of sp³-hybridized carbons (Fsp3) is 0.219. The van der Waals surface area contributed by atoms with Gasteiger partial charge in [-0.1, -0.05) is 60.7 Å². The average Bonchev–Trinajstić information content (AvgIpc) is 3.37. The number of sulfonamides is 1. The van der Waals surface area contributed by atoms with E-state index in [1.165, 1.54) is 19.4 Å². The molecule has 10 nitrogen and oxygen atoms in total. The number of methoxy groups -OCH3 is 1. The zero-order chi connectivity index (χ0) is 30.4. The van der Waals surface area contributed by atoms with Gasteiger partial charge in [-0.05, 0) is 64.2 Å². The van der Waals surface area contributed by atoms with Crippen molar-refractivity contribution in [1.29, 1.82) is 0 Å². The number of nitrogens with zero attached hydrogens (tertiary/aromatic N) is 3. The number of carbonyl (C=O) groups excluding carboxylic acids is 2. The lowest BCUT2D eigenvalue weighted by molar-refractivity contribution is -0.131. The molecule has 5 rings (SSSR count). The largest absolute Gasteiger partial charge is 0.497 e. The number of ether oxygens (including phenoxy) is 1. The minimum atomic E-state index is -4.26. The highest BCUT2D eigenvalue weighted by molar-refractivity contribution is 7.89. The van der Waals surface area contributed by atoms with Crippen LogP contribution < -0.4 is 15.9 Å². The van der Waals surface area contributed by atoms with E-state index in [0.29, 0.717) is 17.7 Å². The topological polar surface area (TPSA) is 134 Å². The third-order valence-electron chi connectivity index (χ3n) is 7.42. The van der Waals surface area contributed by atoms with Crippen LogP contribution in [0.5, 0.6) is 5.75 Å². The molecule has 4 aromatic carbocycles. The first-order valence-electron chi connectivity index (χ1n) is 13.8. The predicted octanol–water partition coefficient (Wildman–Crippen LogP) is 3.25. The summed E-state index contributed by atoms with van der Waals surface area (Å²) in [5.74, 6) is 5.00. The number of fused-ring (bicyclic) bond motifs is 1. The van der Waals surface area contributed by atoms with Crippen LogP contribution in [0.15, 0.2) is 101 Å². The van der Waals surface area contributed by atoms with Crippen molar-refractivity contribution < 1.29 is 22.7 Å². The molecule has 1 fully saturated rings. The van der Waals surface area contributed by atoms with E-state index in [1.807, 2.05) is 60.7 Å². The summed E-state index contributed by atoms with van der Waals surface area (Å²) in [6.07, 6.45) is 1.76. The van der Waals surface area contributed by atoms with Crippen molar-refractivity contribution in [2.75, 3.05) is 20.2 Å². The molecule has 1 aliphatic heterocycles. The second-order valence-electron chi connectivity index (χ2n) is 10.3. The number of hydrogen-bond donors (Lipinski definition) is 2. The number of benzene rings is 4. The zero-order valence-corrected chi connectivity index (χ0v) is 24.5. The number of hydrogen-bond acceptors (Lipinski definition) is 7. The normalized spacial score (nSPS) is 15.4. The maximum absolute atomic E-state index is 14.2. The summed E-state index contributed by atoms with van der Waals surface area (Å²) in [6, 6.07) is 25.8. The Hall–Kier alpha value is -4.74. The summed E-state index contributed by atoms with van der Waals surface area (Å²) in [4.78, 5) is 28.5. The SMILES string of the molecule is COc1ccc2ccc(S(=O)(=O)N(CC(=O)NCc3ccccc3)[C@H]3CCN(Cc4cccc(C=NN)c4)C3=O)cc2c1. The summed E-state index contributed by atoms with van der Waals surface area (Å²) in [7, 11) is -2.73. The van der Waals surface area contributed by atoms with Gasteiger partial charge in [-0.25, -0.2) is 8.42 Å². The molecule has 3 N–H and O–H groups in total. The van der Waals surface area contributed by atoms with E-state index in [9.17, 15) is 18.0 Å². The molecule has 1 aliphatic rings. The average molecular weight is 600 g/mol. The number of likely N-dealkylation sites (tertiary alicyclic amines) is 1. The molecule has 43 heavy (non-hydrogen) atoms. The molecule has 0 radical (unpaired) electrons. The molecule has 2 amide bonds. The monoisotopic (exact) mass is 599 g/mol. The molecule has 1 heterocycles. The lowest BCUT2D eigenvalue weighted by Crippen LogP contribution is -2.49. The third-order valence-corrected chi connectivity index (χ3v) is 9.27. The quantitative estimate of drug-likeness (QED) is 0.154. The van der Waals surface area contributed by atoms with Gasteiger partial charge in [0.1, 0.15) is 11.8 Å². The smallest absolute Gasteiger partial charge is 0.244 e. The van der Waals surface area contributed by atoms with Gasteiger partial charge in [-0.2, -0.15) is 9.41 Å². The predicted molar refractivity (Wildman–Crippen MR) is 165 cm³/mol. The van der Waals surface area contributed by atoms with Gasteiger partial charge in [0.15, 0.2) is 0 Å². The molecule has 1 atom stereocenters. The van der Waals surface area contributed by atoms with E-state index in [4.69, 9.17) is 10.6 Å². The van der Waals surface area contributed by atoms with Gasteiger partial charge in [-0.15, -0.1) is 0 Å². The summed E-state index contributed by atoms with van der Waals surface area (Å²) in [5, 5.41) is 7.84. The van der Waals surface area contributed by atoms with E-state index < -0.39 is 28.5 Å². The first-order chi connectivity index (χ1) is 20.8. The highest BCUT2D eigenvalue weighted by Gasteiger charge is 2.43. The Bertz CT molecular complexity index is 1760. The number of nitrogens with two attached hydrogens (primary N) is 1. The maximum Gasteiger partial charge on any atom is 0.244 e. The lowest BCUT2D eigenvalue weighted by atomic mass is 10.1. The first kappa shape index (κ1) is 29.7. The number of nitrogens with one attached hydrogen (secondary N) is 1. The van der Waals surface area contributed by atoms with Crippen LogP contribution >= 0.6 is 0 Å². The molecule has 0 aliphatic carbocycles. The van der Waals surface area contributed by atoms with Crippen molar-refractivity contribution in [1.82, 2.24) is 14.5 Å². The lowest BCUT2D eigenvalue weighted by Gasteiger charge is -2.27. The van der Waals surface area contributed by atoms with Gasteiger partial charge in [0, 0.05) is 19.6 Å². The van der Waals surface area contributed by atoms with Gasteiger partial charge >= 0.3 is 0 Å². The van der Waals surface area contributed by atoms with Crippen LogP contribution in [0.25, 0.3) is 10.8 Å². The highest BCUT2D eigenvalue weighted by Crippen LogP contribution is 2.29. The van der Waals surface area contributed by atoms with Crippen molar-refractivity contribution in [3.05, 3.63) is 108 Å². The molecular formula is C32H33N5O5S. The fourth-order valence-corrected chi connectivity index (χ4v) is 6.81. The van der Waals surface area contributed by atoms with Gasteiger partial charge in [0.2, 0.25) is 21.8 Å². The minimum absolute atomic E-state index is 0.0101. The van der Waals surface area contributed by atoms with Gasteiger partial charge in [0.25, 0.3) is 0 Å². The molecule has 0 bridgehead atoms. The number of rotatable bonds is 11. The number of amides is 2. The molecule has 4 aromatic rings. The molecule has 11 heteroatoms. The molecule has 0 spiro atoms. The van der Waals surface area contributed by atoms with Crippen molar-refractivity contribution in [2.24, 2.45) is 10.9 Å². The Morgan fingerprint density at radius 2 is 1.79 bits per heavy atom. The van der Waals surface area contributed by atoms with Crippen molar-refractivity contribution in [2.45, 2.75) is 30.4 Å². The van der Waals surface area contributed by atoms with Crippen molar-refractivity contribution in [3.63, 3.8) is 0 Å². The maximum atomic E-state index is 14.2. The van der Waals surface area contributed by atoms with Crippen LogP contribution in [0.2, 0.25) is 0 Å². The molecule has 0 saturated carbocycles. The minimum Gasteiger partial charge on any atom is -0.497 e. The summed E-state index contributed by atoms with van der Waals surface area (Å²) >= 11 is 0. The van der Waals surface area contributed by atoms with E-state index in [-0.39, 0.29) is 30.3 Å². The van der Waals surface area contributed by atoms with Gasteiger partial charge in [0.05, 0.1) is 24.8 Å². The zero-order valence-electron chi connectivity index (χ0n) is 23.7. The fourth-order valence-electron chi connectivity index (χ4n) is 5.21. The van der Waals surface area contributed by atoms with Crippen molar-refractivity contribution in [3.8, 4) is 5.75 Å². The number of hydrazone groups is 1. The number of carbonyl (C=O) groups is 2. The van der Waals surface area contributed by atoms with Crippen LogP contribution in [0.1, 0.15) is 23.1 Å². The first-order valence-corrected chi connectivity index (χ1v) is 15.2. The molecular weight excluding hydrogens is 566 g/mol. The van der Waals surface area contributed by atoms with E-state index in [2.05, 4.69) is 10.4 Å². The molecule has 0 unspecified atom stereocenters. The van der Waals surface area contributed by atoms with Crippen LogP contribution in [-0.4, -0.2) is 61.9 Å². The van der Waals surface area contributed by atoms with Gasteiger partial charge < -0.3 is 20.8 Å². The summed E-state index contributed by atoms with van der Waals surface area (Å²) < 4.78 is 34.7. The second kappa shape index (κ2) is 13.1. The molecule has 1 saturated heterocycles. The molecule has 222 valence electrons. The van der Waals surface area contributed by atoms with E-state index in [1.54, 1.807) is 29.2 Å². The Kier molecular flexibility index (Phi) is 9.03. The third kappa shape index (κ3) is 6.85. The van der Waals surface area contributed by atoms with Crippen LogP contribution in [-0.2, 0) is 32.7 Å². The Balaban J connectivity index is 1.43. The molecule has 0 aromatic heterocycles. The van der Waals surface area contributed by atoms with Crippen molar-refractivity contribution >= 4 is 38.8 Å². The van der Waals surface area contributed by atoms with E-state index in [0.717, 1.165) is 26.4 Å². The Morgan fingerprint density at radius 1 is 1.02 bits per heavy atom. The Labute approximate surface area is 250 Å². The van der Waals surface area contributed by atoms with Gasteiger partial charge in [-0.3, -0.25) is 9.59 Å².